The Morgan fingerprint density at radius 1 is 1.54 bits per heavy atom. The third kappa shape index (κ3) is 2.98. The summed E-state index contributed by atoms with van der Waals surface area (Å²) in [7, 11) is -4.10. The predicted octanol–water partition coefficient (Wildman–Crippen LogP) is 1.13. The van der Waals surface area contributed by atoms with Crippen molar-refractivity contribution < 1.29 is 13.0 Å². The zero-order valence-electron chi connectivity index (χ0n) is 7.21. The fourth-order valence-electron chi connectivity index (χ4n) is 0.736. The van der Waals surface area contributed by atoms with Crippen molar-refractivity contribution in [3.05, 3.63) is 12.4 Å². The van der Waals surface area contributed by atoms with Crippen LogP contribution in [0.15, 0.2) is 17.3 Å². The molecule has 0 amide bonds. The molecule has 0 saturated heterocycles. The van der Waals surface area contributed by atoms with Crippen LogP contribution >= 0.6 is 12.4 Å². The first-order chi connectivity index (χ1) is 5.41. The molecule has 0 aromatic carbocycles. The van der Waals surface area contributed by atoms with Crippen LogP contribution in [0, 0.1) is 0 Å². The molecule has 0 aliphatic heterocycles. The highest BCUT2D eigenvalue weighted by atomic mass is 35.5. The van der Waals surface area contributed by atoms with Gasteiger partial charge in [0.1, 0.15) is 4.90 Å². The lowest BCUT2D eigenvalue weighted by Gasteiger charge is -2.02. The van der Waals surface area contributed by atoms with Crippen LogP contribution in [0.4, 0.5) is 0 Å². The molecule has 5 nitrogen and oxygen atoms in total. The maximum atomic E-state index is 10.6. The average Bonchev–Trinajstić information content (AvgIpc) is 2.30. The van der Waals surface area contributed by atoms with Crippen LogP contribution in [0.25, 0.3) is 0 Å². The first-order valence-corrected chi connectivity index (χ1v) is 4.87. The number of rotatable bonds is 2. The van der Waals surface area contributed by atoms with Gasteiger partial charge in [-0.25, -0.2) is 0 Å². The van der Waals surface area contributed by atoms with Crippen molar-refractivity contribution in [1.82, 2.24) is 9.78 Å². The van der Waals surface area contributed by atoms with E-state index in [0.717, 1.165) is 6.20 Å². The fraction of sp³-hybridized carbons (Fsp3) is 0.500. The van der Waals surface area contributed by atoms with E-state index >= 15 is 0 Å². The lowest BCUT2D eigenvalue weighted by molar-refractivity contribution is 0.482. The molecule has 1 aromatic heterocycles. The highest BCUT2D eigenvalue weighted by Gasteiger charge is 2.12. The van der Waals surface area contributed by atoms with E-state index < -0.39 is 10.1 Å². The second kappa shape index (κ2) is 4.08. The Balaban J connectivity index is 0.00000144. The summed E-state index contributed by atoms with van der Waals surface area (Å²) < 4.78 is 31.2. The number of hydrogen-bond acceptors (Lipinski definition) is 3. The van der Waals surface area contributed by atoms with Gasteiger partial charge in [0.15, 0.2) is 0 Å². The van der Waals surface area contributed by atoms with Crippen molar-refractivity contribution in [3.8, 4) is 0 Å². The number of hydrogen-bond donors (Lipinski definition) is 1. The maximum absolute atomic E-state index is 10.6. The van der Waals surface area contributed by atoms with Crippen molar-refractivity contribution in [3.63, 3.8) is 0 Å². The summed E-state index contributed by atoms with van der Waals surface area (Å²) >= 11 is 0. The maximum Gasteiger partial charge on any atom is 0.297 e. The van der Waals surface area contributed by atoms with Crippen molar-refractivity contribution >= 4 is 22.5 Å². The number of halogens is 1. The molecule has 0 saturated carbocycles. The van der Waals surface area contributed by atoms with E-state index in [-0.39, 0.29) is 23.3 Å². The van der Waals surface area contributed by atoms with Crippen LogP contribution in [-0.4, -0.2) is 22.8 Å². The van der Waals surface area contributed by atoms with E-state index in [4.69, 9.17) is 4.55 Å². The molecule has 1 N–H and O–H groups in total. The first-order valence-electron chi connectivity index (χ1n) is 3.43. The van der Waals surface area contributed by atoms with Crippen molar-refractivity contribution in [2.24, 2.45) is 0 Å². The Bertz CT molecular complexity index is 371. The molecule has 0 atom stereocenters. The van der Waals surface area contributed by atoms with E-state index in [0.29, 0.717) is 0 Å². The zero-order valence-corrected chi connectivity index (χ0v) is 8.84. The van der Waals surface area contributed by atoms with E-state index in [1.807, 2.05) is 13.8 Å². The van der Waals surface area contributed by atoms with Crippen LogP contribution < -0.4 is 0 Å². The van der Waals surface area contributed by atoms with E-state index in [1.165, 1.54) is 10.9 Å². The SMILES string of the molecule is CC(C)n1cc(S(=O)(=O)O)cn1.Cl. The molecule has 1 aromatic rings. The van der Waals surface area contributed by atoms with Gasteiger partial charge in [-0.15, -0.1) is 12.4 Å². The van der Waals surface area contributed by atoms with Gasteiger partial charge < -0.3 is 0 Å². The van der Waals surface area contributed by atoms with Gasteiger partial charge >= 0.3 is 0 Å². The van der Waals surface area contributed by atoms with E-state index in [2.05, 4.69) is 5.10 Å². The van der Waals surface area contributed by atoms with Gasteiger partial charge in [-0.1, -0.05) is 0 Å². The normalized spacial score (nSPS) is 11.4. The molecule has 7 heteroatoms. The summed E-state index contributed by atoms with van der Waals surface area (Å²) in [5.74, 6) is 0. The smallest absolute Gasteiger partial charge is 0.282 e. The molecule has 0 fully saturated rings. The molecule has 76 valence electrons. The molecule has 0 aliphatic rings. The molecular formula is C6H11ClN2O3S. The van der Waals surface area contributed by atoms with Gasteiger partial charge in [0, 0.05) is 12.2 Å². The highest BCUT2D eigenvalue weighted by Crippen LogP contribution is 2.09. The largest absolute Gasteiger partial charge is 0.297 e. The van der Waals surface area contributed by atoms with Crippen molar-refractivity contribution in [2.45, 2.75) is 24.8 Å². The highest BCUT2D eigenvalue weighted by molar-refractivity contribution is 7.85. The van der Waals surface area contributed by atoms with E-state index in [1.54, 1.807) is 0 Å². The quantitative estimate of drug-likeness (QED) is 0.768. The predicted molar refractivity (Wildman–Crippen MR) is 49.7 cm³/mol. The minimum atomic E-state index is -4.10. The van der Waals surface area contributed by atoms with Crippen LogP contribution in [0.5, 0.6) is 0 Å². The van der Waals surface area contributed by atoms with Crippen LogP contribution in [-0.2, 0) is 10.1 Å². The topological polar surface area (TPSA) is 72.2 Å². The number of nitrogens with zero attached hydrogens (tertiary/aromatic N) is 2. The monoisotopic (exact) mass is 226 g/mol. The standard InChI is InChI=1S/C6H10N2O3S.ClH/c1-5(2)8-4-6(3-7-8)12(9,10)11;/h3-5H,1-2H3,(H,9,10,11);1H. The average molecular weight is 227 g/mol. The third-order valence-electron chi connectivity index (χ3n) is 1.40. The minimum Gasteiger partial charge on any atom is -0.282 e. The molecule has 0 spiro atoms. The Hall–Kier alpha value is -0.590. The Morgan fingerprint density at radius 2 is 2.08 bits per heavy atom. The van der Waals surface area contributed by atoms with Crippen LogP contribution in [0.3, 0.4) is 0 Å². The van der Waals surface area contributed by atoms with Crippen molar-refractivity contribution in [1.29, 1.82) is 0 Å². The molecule has 0 unspecified atom stereocenters. The third-order valence-corrected chi connectivity index (χ3v) is 2.21. The van der Waals surface area contributed by atoms with Crippen LogP contribution in [0.1, 0.15) is 19.9 Å². The van der Waals surface area contributed by atoms with Crippen LogP contribution in [0.2, 0.25) is 0 Å². The van der Waals surface area contributed by atoms with Gasteiger partial charge in [-0.3, -0.25) is 9.23 Å². The summed E-state index contributed by atoms with van der Waals surface area (Å²) in [6, 6.07) is 0.0838. The molecule has 0 aliphatic carbocycles. The molecule has 0 bridgehead atoms. The Labute approximate surface area is 82.9 Å². The molecular weight excluding hydrogens is 216 g/mol. The molecule has 0 radical (unpaired) electrons. The summed E-state index contributed by atoms with van der Waals surface area (Å²) in [5, 5.41) is 3.76. The zero-order chi connectivity index (χ0) is 9.35. The Kier molecular flexibility index (Phi) is 3.89. The summed E-state index contributed by atoms with van der Waals surface area (Å²) in [6.45, 7) is 3.72. The second-order valence-corrected chi connectivity index (χ2v) is 4.15. The van der Waals surface area contributed by atoms with Gasteiger partial charge in [-0.05, 0) is 13.8 Å². The second-order valence-electron chi connectivity index (χ2n) is 2.72. The molecule has 13 heavy (non-hydrogen) atoms. The first kappa shape index (κ1) is 12.4. The van der Waals surface area contributed by atoms with Gasteiger partial charge in [0.2, 0.25) is 0 Å². The summed E-state index contributed by atoms with van der Waals surface area (Å²) in [6.07, 6.45) is 2.41. The van der Waals surface area contributed by atoms with E-state index in [9.17, 15) is 8.42 Å². The lowest BCUT2D eigenvalue weighted by atomic mass is 10.4. The minimum absolute atomic E-state index is 0. The summed E-state index contributed by atoms with van der Waals surface area (Å²) in [4.78, 5) is -0.170. The Morgan fingerprint density at radius 3 is 2.31 bits per heavy atom. The number of aromatic nitrogens is 2. The van der Waals surface area contributed by atoms with Gasteiger partial charge in [-0.2, -0.15) is 13.5 Å². The fourth-order valence-corrected chi connectivity index (χ4v) is 1.16. The molecule has 1 rings (SSSR count). The van der Waals surface area contributed by atoms with Crippen molar-refractivity contribution in [2.75, 3.05) is 0 Å². The van der Waals surface area contributed by atoms with Gasteiger partial charge in [0.05, 0.1) is 6.20 Å². The molecule has 1 heterocycles. The summed E-state index contributed by atoms with van der Waals surface area (Å²) in [5.41, 5.74) is 0. The lowest BCUT2D eigenvalue weighted by Crippen LogP contribution is -2.01. The van der Waals surface area contributed by atoms with Gasteiger partial charge in [0.25, 0.3) is 10.1 Å².